The molecule has 114 valence electrons. The first-order valence-electron chi connectivity index (χ1n) is 7.04. The van der Waals surface area contributed by atoms with Gasteiger partial charge in [-0.15, -0.1) is 0 Å². The Kier molecular flexibility index (Phi) is 5.98. The average molecular weight is 284 g/mol. The highest BCUT2D eigenvalue weighted by molar-refractivity contribution is 5.82. The van der Waals surface area contributed by atoms with E-state index in [0.29, 0.717) is 12.6 Å². The van der Waals surface area contributed by atoms with E-state index in [9.17, 15) is 14.4 Å². The molecular formula is C14H24N2O4. The third-order valence-corrected chi connectivity index (χ3v) is 2.59. The Morgan fingerprint density at radius 2 is 1.70 bits per heavy atom. The number of hydrogen-bond acceptors (Lipinski definition) is 4. The molecule has 0 radical (unpaired) electrons. The van der Waals surface area contributed by atoms with Crippen LogP contribution in [0.4, 0.5) is 0 Å². The van der Waals surface area contributed by atoms with Gasteiger partial charge in [0.05, 0.1) is 6.42 Å². The molecule has 0 spiro atoms. The highest BCUT2D eigenvalue weighted by atomic mass is 16.6. The molecule has 0 heterocycles. The Morgan fingerprint density at radius 1 is 1.05 bits per heavy atom. The van der Waals surface area contributed by atoms with E-state index in [1.165, 1.54) is 0 Å². The lowest BCUT2D eigenvalue weighted by molar-refractivity contribution is -0.155. The Morgan fingerprint density at radius 3 is 2.25 bits per heavy atom. The van der Waals surface area contributed by atoms with Gasteiger partial charge in [-0.25, -0.2) is 0 Å². The predicted octanol–water partition coefficient (Wildman–Crippen LogP) is 0.893. The van der Waals surface area contributed by atoms with Gasteiger partial charge in [-0.05, 0) is 33.6 Å². The van der Waals surface area contributed by atoms with Crippen LogP contribution >= 0.6 is 0 Å². The fourth-order valence-corrected chi connectivity index (χ4v) is 1.54. The zero-order chi connectivity index (χ0) is 15.2. The van der Waals surface area contributed by atoms with Crippen LogP contribution in [0.25, 0.3) is 0 Å². The highest BCUT2D eigenvalue weighted by Crippen LogP contribution is 2.18. The largest absolute Gasteiger partial charge is 0.460 e. The molecular weight excluding hydrogens is 260 g/mol. The molecule has 0 aromatic heterocycles. The average Bonchev–Trinajstić information content (AvgIpc) is 3.08. The van der Waals surface area contributed by atoms with Gasteiger partial charge >= 0.3 is 5.97 Å². The molecule has 2 amide bonds. The number of esters is 1. The highest BCUT2D eigenvalue weighted by Gasteiger charge is 2.22. The maximum atomic E-state index is 11.5. The molecule has 1 saturated carbocycles. The van der Waals surface area contributed by atoms with E-state index < -0.39 is 5.60 Å². The first kappa shape index (κ1) is 16.5. The van der Waals surface area contributed by atoms with E-state index in [1.807, 2.05) is 0 Å². The number of carbonyl (C=O) groups is 3. The Labute approximate surface area is 119 Å². The number of ether oxygens (including phenoxy) is 1. The van der Waals surface area contributed by atoms with Crippen LogP contribution in [0.5, 0.6) is 0 Å². The molecule has 0 aromatic carbocycles. The molecule has 0 bridgehead atoms. The van der Waals surface area contributed by atoms with Crippen LogP contribution in [0.1, 0.15) is 52.9 Å². The van der Waals surface area contributed by atoms with Crippen LogP contribution in [0.15, 0.2) is 0 Å². The summed E-state index contributed by atoms with van der Waals surface area (Å²) in [5, 5.41) is 5.46. The molecule has 6 nitrogen and oxygen atoms in total. The zero-order valence-corrected chi connectivity index (χ0v) is 12.5. The van der Waals surface area contributed by atoms with Crippen molar-refractivity contribution in [1.29, 1.82) is 0 Å². The first-order valence-corrected chi connectivity index (χ1v) is 7.04. The molecule has 1 aliphatic carbocycles. The Hall–Kier alpha value is -1.59. The van der Waals surface area contributed by atoms with E-state index >= 15 is 0 Å². The van der Waals surface area contributed by atoms with Gasteiger partial charge in [-0.2, -0.15) is 0 Å². The topological polar surface area (TPSA) is 84.5 Å². The van der Waals surface area contributed by atoms with Crippen molar-refractivity contribution in [1.82, 2.24) is 10.6 Å². The van der Waals surface area contributed by atoms with Crippen LogP contribution in [0.3, 0.4) is 0 Å². The molecule has 20 heavy (non-hydrogen) atoms. The van der Waals surface area contributed by atoms with Gasteiger partial charge in [0.25, 0.3) is 0 Å². The standard InChI is InChI=1S/C14H24N2O4/c1-14(2,3)20-13(19)7-6-11(17)15-9-8-12(18)16-10-4-5-10/h10H,4-9H2,1-3H3,(H,15,17)(H,16,18). The summed E-state index contributed by atoms with van der Waals surface area (Å²) in [6.07, 6.45) is 2.51. The van der Waals surface area contributed by atoms with Gasteiger partial charge in [0.15, 0.2) is 0 Å². The second-order valence-corrected chi connectivity index (χ2v) is 6.03. The van der Waals surface area contributed by atoms with Crippen molar-refractivity contribution in [3.63, 3.8) is 0 Å². The zero-order valence-electron chi connectivity index (χ0n) is 12.5. The quantitative estimate of drug-likeness (QED) is 0.680. The van der Waals surface area contributed by atoms with Crippen molar-refractivity contribution >= 4 is 17.8 Å². The molecule has 0 aromatic rings. The summed E-state index contributed by atoms with van der Waals surface area (Å²) in [5.41, 5.74) is -0.533. The molecule has 0 unspecified atom stereocenters. The molecule has 1 rings (SSSR count). The number of carbonyl (C=O) groups excluding carboxylic acids is 3. The van der Waals surface area contributed by atoms with Gasteiger partial charge < -0.3 is 15.4 Å². The lowest BCUT2D eigenvalue weighted by Crippen LogP contribution is -2.32. The molecule has 1 fully saturated rings. The van der Waals surface area contributed by atoms with Crippen LogP contribution in [0.2, 0.25) is 0 Å². The summed E-state index contributed by atoms with van der Waals surface area (Å²) >= 11 is 0. The number of amides is 2. The maximum Gasteiger partial charge on any atom is 0.306 e. The van der Waals surface area contributed by atoms with Crippen molar-refractivity contribution in [2.24, 2.45) is 0 Å². The fourth-order valence-electron chi connectivity index (χ4n) is 1.54. The lowest BCUT2D eigenvalue weighted by Gasteiger charge is -2.19. The normalized spacial score (nSPS) is 14.6. The summed E-state index contributed by atoms with van der Waals surface area (Å²) in [6.45, 7) is 5.64. The molecule has 0 atom stereocenters. The summed E-state index contributed by atoms with van der Waals surface area (Å²) in [7, 11) is 0. The maximum absolute atomic E-state index is 11.5. The minimum Gasteiger partial charge on any atom is -0.460 e. The molecule has 2 N–H and O–H groups in total. The van der Waals surface area contributed by atoms with Crippen molar-refractivity contribution < 1.29 is 19.1 Å². The second kappa shape index (κ2) is 7.26. The van der Waals surface area contributed by atoms with E-state index in [-0.39, 0.29) is 37.0 Å². The Bertz CT molecular complexity index is 370. The molecule has 0 saturated heterocycles. The van der Waals surface area contributed by atoms with Gasteiger partial charge in [0.2, 0.25) is 11.8 Å². The van der Waals surface area contributed by atoms with E-state index in [2.05, 4.69) is 10.6 Å². The Balaban J connectivity index is 2.04. The minimum atomic E-state index is -0.533. The lowest BCUT2D eigenvalue weighted by atomic mass is 10.2. The monoisotopic (exact) mass is 284 g/mol. The van der Waals surface area contributed by atoms with E-state index in [0.717, 1.165) is 12.8 Å². The summed E-state index contributed by atoms with van der Waals surface area (Å²) in [5.74, 6) is -0.672. The predicted molar refractivity (Wildman–Crippen MR) is 73.9 cm³/mol. The number of nitrogens with one attached hydrogen (secondary N) is 2. The van der Waals surface area contributed by atoms with E-state index in [4.69, 9.17) is 4.74 Å². The van der Waals surface area contributed by atoms with E-state index in [1.54, 1.807) is 20.8 Å². The van der Waals surface area contributed by atoms with Crippen molar-refractivity contribution in [3.05, 3.63) is 0 Å². The van der Waals surface area contributed by atoms with Crippen LogP contribution in [-0.4, -0.2) is 36.0 Å². The van der Waals surface area contributed by atoms with Crippen LogP contribution < -0.4 is 10.6 Å². The van der Waals surface area contributed by atoms with Crippen molar-refractivity contribution in [3.8, 4) is 0 Å². The third kappa shape index (κ3) is 8.50. The van der Waals surface area contributed by atoms with Crippen molar-refractivity contribution in [2.75, 3.05) is 6.54 Å². The van der Waals surface area contributed by atoms with Crippen molar-refractivity contribution in [2.45, 2.75) is 64.5 Å². The molecule has 6 heteroatoms. The fraction of sp³-hybridized carbons (Fsp3) is 0.786. The smallest absolute Gasteiger partial charge is 0.306 e. The van der Waals surface area contributed by atoms with Crippen LogP contribution in [0, 0.1) is 0 Å². The number of rotatable bonds is 7. The number of hydrogen-bond donors (Lipinski definition) is 2. The summed E-state index contributed by atoms with van der Waals surface area (Å²) < 4.78 is 5.10. The first-order chi connectivity index (χ1) is 9.26. The third-order valence-electron chi connectivity index (χ3n) is 2.59. The van der Waals surface area contributed by atoms with Gasteiger partial charge in [0, 0.05) is 25.4 Å². The SMILES string of the molecule is CC(C)(C)OC(=O)CCC(=O)NCCC(=O)NC1CC1. The van der Waals surface area contributed by atoms with Gasteiger partial charge in [-0.1, -0.05) is 0 Å². The van der Waals surface area contributed by atoms with Gasteiger partial charge in [0.1, 0.15) is 5.60 Å². The second-order valence-electron chi connectivity index (χ2n) is 6.03. The summed E-state index contributed by atoms with van der Waals surface area (Å²) in [4.78, 5) is 34.2. The minimum absolute atomic E-state index is 0.0417. The summed E-state index contributed by atoms with van der Waals surface area (Å²) in [6, 6.07) is 0.338. The molecule has 0 aliphatic heterocycles. The van der Waals surface area contributed by atoms with Crippen LogP contribution in [-0.2, 0) is 19.1 Å². The molecule has 1 aliphatic rings. The van der Waals surface area contributed by atoms with Gasteiger partial charge in [-0.3, -0.25) is 14.4 Å².